The molecule has 8 nitrogen and oxygen atoms in total. The van der Waals surface area contributed by atoms with E-state index in [-0.39, 0.29) is 32.0 Å². The van der Waals surface area contributed by atoms with Gasteiger partial charge in [0.1, 0.15) is 0 Å². The lowest BCUT2D eigenvalue weighted by molar-refractivity contribution is -0.147. The molecule has 1 fully saturated rings. The van der Waals surface area contributed by atoms with Crippen LogP contribution in [0.3, 0.4) is 0 Å². The molecule has 1 heterocycles. The average molecular weight is 273 g/mol. The number of carbonyl (C=O) groups is 3. The van der Waals surface area contributed by atoms with Crippen molar-refractivity contribution in [3.63, 3.8) is 0 Å². The van der Waals surface area contributed by atoms with Crippen LogP contribution >= 0.6 is 0 Å². The summed E-state index contributed by atoms with van der Waals surface area (Å²) >= 11 is 0. The molecule has 8 heteroatoms. The number of carbonyl (C=O) groups excluding carboxylic acids is 2. The van der Waals surface area contributed by atoms with Gasteiger partial charge < -0.3 is 25.0 Å². The molecule has 3 amide bonds. The maximum Gasteiger partial charge on any atom is 0.328 e. The summed E-state index contributed by atoms with van der Waals surface area (Å²) in [7, 11) is 3.26. The van der Waals surface area contributed by atoms with E-state index in [1.54, 1.807) is 14.1 Å². The number of nitrogens with zero attached hydrogens (tertiary/aromatic N) is 2. The molecule has 0 saturated carbocycles. The van der Waals surface area contributed by atoms with Crippen molar-refractivity contribution in [2.24, 2.45) is 0 Å². The largest absolute Gasteiger partial charge is 0.480 e. The van der Waals surface area contributed by atoms with E-state index in [9.17, 15) is 14.4 Å². The van der Waals surface area contributed by atoms with Gasteiger partial charge in [0.25, 0.3) is 0 Å². The van der Waals surface area contributed by atoms with Crippen LogP contribution in [0.15, 0.2) is 0 Å². The highest BCUT2D eigenvalue weighted by molar-refractivity contribution is 5.83. The summed E-state index contributed by atoms with van der Waals surface area (Å²) in [5.41, 5.74) is 0. The fourth-order valence-corrected chi connectivity index (χ4v) is 1.65. The molecule has 1 saturated heterocycles. The van der Waals surface area contributed by atoms with Crippen molar-refractivity contribution in [2.75, 3.05) is 40.4 Å². The summed E-state index contributed by atoms with van der Waals surface area (Å²) in [5.74, 6) is -1.20. The van der Waals surface area contributed by atoms with Crippen molar-refractivity contribution in [1.29, 1.82) is 0 Å². The molecule has 0 spiro atoms. The molecule has 1 aliphatic heterocycles. The Balaban J connectivity index is 2.43. The van der Waals surface area contributed by atoms with Crippen LogP contribution in [0.2, 0.25) is 0 Å². The van der Waals surface area contributed by atoms with Crippen LogP contribution in [0.1, 0.15) is 6.42 Å². The monoisotopic (exact) mass is 273 g/mol. The number of ether oxygens (including phenoxy) is 1. The molecular formula is C11H19N3O5. The highest BCUT2D eigenvalue weighted by atomic mass is 16.5. The summed E-state index contributed by atoms with van der Waals surface area (Å²) in [6.07, 6.45) is 0.181. The second-order valence-electron chi connectivity index (χ2n) is 4.39. The minimum absolute atomic E-state index is 0.0145. The van der Waals surface area contributed by atoms with Gasteiger partial charge in [0.15, 0.2) is 6.04 Å². The normalized spacial score (nSPS) is 18.8. The van der Waals surface area contributed by atoms with E-state index in [0.29, 0.717) is 6.61 Å². The topological polar surface area (TPSA) is 99.2 Å². The molecule has 0 aromatic rings. The molecule has 1 rings (SSSR count). The number of hydrogen-bond acceptors (Lipinski definition) is 4. The number of nitrogens with one attached hydrogen (secondary N) is 1. The van der Waals surface area contributed by atoms with Gasteiger partial charge in [0, 0.05) is 33.6 Å². The number of carboxylic acid groups (broad SMARTS) is 1. The fourth-order valence-electron chi connectivity index (χ4n) is 1.65. The molecule has 0 aromatic carbocycles. The second kappa shape index (κ2) is 6.93. The highest BCUT2D eigenvalue weighted by Crippen LogP contribution is 2.07. The molecule has 1 unspecified atom stereocenters. The van der Waals surface area contributed by atoms with Crippen LogP contribution in [0.4, 0.5) is 4.79 Å². The molecule has 108 valence electrons. The molecule has 0 aliphatic carbocycles. The number of morpholine rings is 1. The van der Waals surface area contributed by atoms with E-state index in [4.69, 9.17) is 9.84 Å². The van der Waals surface area contributed by atoms with Crippen molar-refractivity contribution in [2.45, 2.75) is 12.5 Å². The zero-order chi connectivity index (χ0) is 14.4. The van der Waals surface area contributed by atoms with Gasteiger partial charge in [-0.05, 0) is 0 Å². The Morgan fingerprint density at radius 3 is 2.68 bits per heavy atom. The fraction of sp³-hybridized carbons (Fsp3) is 0.727. The highest BCUT2D eigenvalue weighted by Gasteiger charge is 2.32. The van der Waals surface area contributed by atoms with E-state index in [2.05, 4.69) is 5.32 Å². The molecule has 19 heavy (non-hydrogen) atoms. The standard InChI is InChI=1S/C11H19N3O5/c1-13(2)9(15)3-4-12-11(18)14-5-6-19-7-8(14)10(16)17/h8H,3-7H2,1-2H3,(H,12,18)(H,16,17). The van der Waals surface area contributed by atoms with Gasteiger partial charge in [-0.1, -0.05) is 0 Å². The van der Waals surface area contributed by atoms with Gasteiger partial charge in [0.2, 0.25) is 5.91 Å². The van der Waals surface area contributed by atoms with Crippen molar-refractivity contribution >= 4 is 17.9 Å². The lowest BCUT2D eigenvalue weighted by Gasteiger charge is -2.32. The average Bonchev–Trinajstić information content (AvgIpc) is 2.38. The van der Waals surface area contributed by atoms with Crippen molar-refractivity contribution in [3.05, 3.63) is 0 Å². The Labute approximate surface area is 111 Å². The minimum Gasteiger partial charge on any atom is -0.480 e. The van der Waals surface area contributed by atoms with Gasteiger partial charge in [-0.2, -0.15) is 0 Å². The van der Waals surface area contributed by atoms with Gasteiger partial charge in [-0.3, -0.25) is 4.79 Å². The second-order valence-corrected chi connectivity index (χ2v) is 4.39. The van der Waals surface area contributed by atoms with Crippen LogP contribution in [0.5, 0.6) is 0 Å². The SMILES string of the molecule is CN(C)C(=O)CCNC(=O)N1CCOCC1C(=O)O. The Morgan fingerprint density at radius 2 is 2.11 bits per heavy atom. The van der Waals surface area contributed by atoms with Crippen LogP contribution < -0.4 is 5.32 Å². The molecule has 1 aliphatic rings. The third kappa shape index (κ3) is 4.40. The van der Waals surface area contributed by atoms with Crippen LogP contribution in [0.25, 0.3) is 0 Å². The molecule has 0 aromatic heterocycles. The van der Waals surface area contributed by atoms with E-state index in [1.807, 2.05) is 0 Å². The number of aliphatic carboxylic acids is 1. The first-order chi connectivity index (χ1) is 8.93. The third-order valence-corrected chi connectivity index (χ3v) is 2.79. The van der Waals surface area contributed by atoms with Gasteiger partial charge in [0.05, 0.1) is 13.2 Å². The zero-order valence-corrected chi connectivity index (χ0v) is 11.1. The summed E-state index contributed by atoms with van der Waals surface area (Å²) in [6, 6.07) is -1.46. The smallest absolute Gasteiger partial charge is 0.328 e. The first-order valence-corrected chi connectivity index (χ1v) is 5.98. The number of amides is 3. The molecular weight excluding hydrogens is 254 g/mol. The summed E-state index contributed by atoms with van der Waals surface area (Å²) in [6.45, 7) is 0.706. The number of carboxylic acids is 1. The summed E-state index contributed by atoms with van der Waals surface area (Å²) in [4.78, 5) is 36.8. The number of rotatable bonds is 4. The number of urea groups is 1. The lowest BCUT2D eigenvalue weighted by Crippen LogP contribution is -2.55. The van der Waals surface area contributed by atoms with Crippen molar-refractivity contribution < 1.29 is 24.2 Å². The number of hydrogen-bond donors (Lipinski definition) is 2. The van der Waals surface area contributed by atoms with Gasteiger partial charge in [-0.15, -0.1) is 0 Å². The predicted octanol–water partition coefficient (Wildman–Crippen LogP) is -1.04. The lowest BCUT2D eigenvalue weighted by atomic mass is 10.2. The van der Waals surface area contributed by atoms with E-state index in [1.165, 1.54) is 9.80 Å². The minimum atomic E-state index is -1.10. The molecule has 0 radical (unpaired) electrons. The molecule has 1 atom stereocenters. The Morgan fingerprint density at radius 1 is 1.42 bits per heavy atom. The quantitative estimate of drug-likeness (QED) is 0.681. The zero-order valence-electron chi connectivity index (χ0n) is 11.1. The third-order valence-electron chi connectivity index (χ3n) is 2.79. The summed E-state index contributed by atoms with van der Waals surface area (Å²) < 4.78 is 5.03. The predicted molar refractivity (Wildman–Crippen MR) is 65.7 cm³/mol. The van der Waals surface area contributed by atoms with Crippen molar-refractivity contribution in [3.8, 4) is 0 Å². The molecule has 0 bridgehead atoms. The van der Waals surface area contributed by atoms with Crippen molar-refractivity contribution in [1.82, 2.24) is 15.1 Å². The van der Waals surface area contributed by atoms with E-state index < -0.39 is 18.0 Å². The van der Waals surface area contributed by atoms with E-state index >= 15 is 0 Å². The maximum absolute atomic E-state index is 11.8. The molecule has 2 N–H and O–H groups in total. The van der Waals surface area contributed by atoms with Crippen LogP contribution in [-0.2, 0) is 14.3 Å². The Kier molecular flexibility index (Phi) is 5.56. The van der Waals surface area contributed by atoms with Crippen LogP contribution in [0, 0.1) is 0 Å². The van der Waals surface area contributed by atoms with Gasteiger partial charge in [-0.25, -0.2) is 9.59 Å². The first kappa shape index (κ1) is 15.2. The maximum atomic E-state index is 11.8. The first-order valence-electron chi connectivity index (χ1n) is 5.98. The Hall–Kier alpha value is -1.83. The van der Waals surface area contributed by atoms with E-state index in [0.717, 1.165) is 0 Å². The van der Waals surface area contributed by atoms with Crippen LogP contribution in [-0.4, -0.2) is 79.3 Å². The Bertz CT molecular complexity index is 358. The summed E-state index contributed by atoms with van der Waals surface area (Å²) in [5, 5.41) is 11.5. The van der Waals surface area contributed by atoms with Gasteiger partial charge >= 0.3 is 12.0 Å².